The molecule has 174 valence electrons. The van der Waals surface area contributed by atoms with Gasteiger partial charge in [0.25, 0.3) is 11.8 Å². The molecule has 7 heteroatoms. The van der Waals surface area contributed by atoms with Crippen LogP contribution in [0.1, 0.15) is 38.9 Å². The summed E-state index contributed by atoms with van der Waals surface area (Å²) in [7, 11) is 0. The highest BCUT2D eigenvalue weighted by Gasteiger charge is 2.32. The normalized spacial score (nSPS) is 16.3. The largest absolute Gasteiger partial charge is 0.334 e. The predicted molar refractivity (Wildman–Crippen MR) is 133 cm³/mol. The number of fused-ring (bicyclic) bond motifs is 1. The fourth-order valence-corrected chi connectivity index (χ4v) is 5.53. The number of piperazine rings is 1. The summed E-state index contributed by atoms with van der Waals surface area (Å²) in [6.45, 7) is 6.03. The molecule has 0 radical (unpaired) electrons. The maximum atomic E-state index is 13.7. The Balaban J connectivity index is 1.37. The molecule has 0 spiro atoms. The standard InChI is InChI=1S/C27H26FN3O2S/c1-18-5-3-4-6-22(18)17-31-24(15-21-11-14-34-27(21)31)26(33)29-12-13-30(19(2)16-29)25(32)20-7-9-23(28)10-8-20/h3-11,14-15,19H,12-13,16-17H2,1-2H3/t19-/m1/s1. The number of benzene rings is 2. The van der Waals surface area contributed by atoms with Crippen LogP contribution in [-0.4, -0.2) is 51.9 Å². The third-order valence-electron chi connectivity index (χ3n) is 6.58. The molecule has 0 bridgehead atoms. The van der Waals surface area contributed by atoms with Crippen molar-refractivity contribution in [1.29, 1.82) is 0 Å². The molecule has 0 N–H and O–H groups in total. The molecular weight excluding hydrogens is 449 g/mol. The maximum Gasteiger partial charge on any atom is 0.270 e. The van der Waals surface area contributed by atoms with Crippen molar-refractivity contribution in [3.8, 4) is 0 Å². The fraction of sp³-hybridized carbons (Fsp3) is 0.259. The van der Waals surface area contributed by atoms with Crippen LogP contribution >= 0.6 is 11.3 Å². The molecular formula is C27H26FN3O2S. The monoisotopic (exact) mass is 475 g/mol. The summed E-state index contributed by atoms with van der Waals surface area (Å²) < 4.78 is 15.4. The minimum Gasteiger partial charge on any atom is -0.334 e. The van der Waals surface area contributed by atoms with Crippen LogP contribution in [0.3, 0.4) is 0 Å². The minimum absolute atomic E-state index is 0.0160. The van der Waals surface area contributed by atoms with E-state index in [1.165, 1.54) is 35.4 Å². The number of hydrogen-bond acceptors (Lipinski definition) is 3. The van der Waals surface area contributed by atoms with E-state index in [2.05, 4.69) is 29.0 Å². The maximum absolute atomic E-state index is 13.7. The highest BCUT2D eigenvalue weighted by atomic mass is 32.1. The number of carbonyl (C=O) groups is 2. The molecule has 0 saturated carbocycles. The van der Waals surface area contributed by atoms with Crippen molar-refractivity contribution in [2.75, 3.05) is 19.6 Å². The molecule has 0 unspecified atom stereocenters. The second-order valence-corrected chi connectivity index (χ2v) is 9.72. The van der Waals surface area contributed by atoms with Crippen LogP contribution in [-0.2, 0) is 6.54 Å². The predicted octanol–water partition coefficient (Wildman–Crippen LogP) is 5.19. The van der Waals surface area contributed by atoms with E-state index in [-0.39, 0.29) is 23.7 Å². The summed E-state index contributed by atoms with van der Waals surface area (Å²) in [5.41, 5.74) is 3.52. The molecule has 4 aromatic rings. The number of rotatable bonds is 4. The van der Waals surface area contributed by atoms with Crippen molar-refractivity contribution >= 4 is 33.4 Å². The zero-order valence-electron chi connectivity index (χ0n) is 19.2. The average Bonchev–Trinajstić information content (AvgIpc) is 3.42. The van der Waals surface area contributed by atoms with Crippen molar-refractivity contribution in [3.63, 3.8) is 0 Å². The lowest BCUT2D eigenvalue weighted by molar-refractivity contribution is 0.0409. The zero-order chi connectivity index (χ0) is 23.8. The van der Waals surface area contributed by atoms with Gasteiger partial charge in [-0.25, -0.2) is 4.39 Å². The number of thiophene rings is 1. The molecule has 1 saturated heterocycles. The van der Waals surface area contributed by atoms with Gasteiger partial charge in [-0.3, -0.25) is 9.59 Å². The topological polar surface area (TPSA) is 45.6 Å². The number of hydrogen-bond donors (Lipinski definition) is 0. The van der Waals surface area contributed by atoms with Gasteiger partial charge in [0, 0.05) is 43.2 Å². The van der Waals surface area contributed by atoms with Gasteiger partial charge in [0.15, 0.2) is 0 Å². The van der Waals surface area contributed by atoms with E-state index in [4.69, 9.17) is 0 Å². The third-order valence-corrected chi connectivity index (χ3v) is 7.53. The lowest BCUT2D eigenvalue weighted by atomic mass is 10.1. The molecule has 2 aromatic carbocycles. The molecule has 34 heavy (non-hydrogen) atoms. The molecule has 1 aliphatic heterocycles. The first-order valence-corrected chi connectivity index (χ1v) is 12.3. The highest BCUT2D eigenvalue weighted by molar-refractivity contribution is 7.16. The molecule has 1 atom stereocenters. The van der Waals surface area contributed by atoms with E-state index < -0.39 is 0 Å². The molecule has 3 heterocycles. The van der Waals surface area contributed by atoms with Crippen LogP contribution in [0.15, 0.2) is 66.0 Å². The molecule has 1 fully saturated rings. The quantitative estimate of drug-likeness (QED) is 0.408. The smallest absolute Gasteiger partial charge is 0.270 e. The molecule has 1 aliphatic rings. The molecule has 5 nitrogen and oxygen atoms in total. The second kappa shape index (κ2) is 9.06. The van der Waals surface area contributed by atoms with E-state index >= 15 is 0 Å². The average molecular weight is 476 g/mol. The fourth-order valence-electron chi connectivity index (χ4n) is 4.63. The lowest BCUT2D eigenvalue weighted by Gasteiger charge is -2.40. The minimum atomic E-state index is -0.367. The van der Waals surface area contributed by atoms with E-state index in [0.29, 0.717) is 37.4 Å². The first-order chi connectivity index (χ1) is 16.4. The Bertz CT molecular complexity index is 1360. The number of aryl methyl sites for hydroxylation is 1. The number of halogens is 1. The number of aromatic nitrogens is 1. The highest BCUT2D eigenvalue weighted by Crippen LogP contribution is 2.28. The first-order valence-electron chi connectivity index (χ1n) is 11.4. The summed E-state index contributed by atoms with van der Waals surface area (Å²) in [5.74, 6) is -0.519. The molecule has 5 rings (SSSR count). The summed E-state index contributed by atoms with van der Waals surface area (Å²) in [4.78, 5) is 31.3. The lowest BCUT2D eigenvalue weighted by Crippen LogP contribution is -2.55. The van der Waals surface area contributed by atoms with Crippen LogP contribution < -0.4 is 0 Å². The van der Waals surface area contributed by atoms with Gasteiger partial charge >= 0.3 is 0 Å². The van der Waals surface area contributed by atoms with Crippen molar-refractivity contribution in [1.82, 2.24) is 14.4 Å². The van der Waals surface area contributed by atoms with E-state index in [1.54, 1.807) is 16.2 Å². The van der Waals surface area contributed by atoms with Gasteiger partial charge in [0.05, 0.1) is 0 Å². The van der Waals surface area contributed by atoms with Crippen molar-refractivity contribution in [3.05, 3.63) is 94.2 Å². The van der Waals surface area contributed by atoms with Gasteiger partial charge < -0.3 is 14.4 Å². The SMILES string of the molecule is Cc1ccccc1Cn1c(C(=O)N2CCN(C(=O)c3ccc(F)cc3)[C@H](C)C2)cc2ccsc21. The van der Waals surface area contributed by atoms with Crippen LogP contribution in [0, 0.1) is 12.7 Å². The summed E-state index contributed by atoms with van der Waals surface area (Å²) >= 11 is 1.64. The van der Waals surface area contributed by atoms with E-state index in [0.717, 1.165) is 10.2 Å². The first kappa shape index (κ1) is 22.3. The number of nitrogens with zero attached hydrogens (tertiary/aromatic N) is 3. The summed E-state index contributed by atoms with van der Waals surface area (Å²) in [6, 6.07) is 17.7. The molecule has 0 aliphatic carbocycles. The van der Waals surface area contributed by atoms with Gasteiger partial charge in [-0.2, -0.15) is 0 Å². The number of carbonyl (C=O) groups excluding carboxylic acids is 2. The van der Waals surface area contributed by atoms with Crippen LogP contribution in [0.2, 0.25) is 0 Å². The van der Waals surface area contributed by atoms with Crippen molar-refractivity contribution in [2.45, 2.75) is 26.4 Å². The Morgan fingerprint density at radius 1 is 1.03 bits per heavy atom. The van der Waals surface area contributed by atoms with E-state index in [1.807, 2.05) is 36.1 Å². The van der Waals surface area contributed by atoms with E-state index in [9.17, 15) is 14.0 Å². The van der Waals surface area contributed by atoms with Gasteiger partial charge in [-0.05, 0) is 66.8 Å². The Morgan fingerprint density at radius 3 is 2.53 bits per heavy atom. The van der Waals surface area contributed by atoms with Crippen LogP contribution in [0.5, 0.6) is 0 Å². The Morgan fingerprint density at radius 2 is 1.79 bits per heavy atom. The Labute approximate surface area is 202 Å². The van der Waals surface area contributed by atoms with Gasteiger partial charge in [-0.1, -0.05) is 24.3 Å². The van der Waals surface area contributed by atoms with Gasteiger partial charge in [0.1, 0.15) is 16.3 Å². The summed E-state index contributed by atoms with van der Waals surface area (Å²) in [5, 5.41) is 3.12. The number of amides is 2. The zero-order valence-corrected chi connectivity index (χ0v) is 20.0. The Hall–Kier alpha value is -3.45. The molecule has 2 aromatic heterocycles. The Kier molecular flexibility index (Phi) is 5.96. The summed E-state index contributed by atoms with van der Waals surface area (Å²) in [6.07, 6.45) is 0. The third kappa shape index (κ3) is 4.12. The van der Waals surface area contributed by atoms with Crippen molar-refractivity contribution in [2.24, 2.45) is 0 Å². The van der Waals surface area contributed by atoms with Gasteiger partial charge in [0.2, 0.25) is 0 Å². The van der Waals surface area contributed by atoms with Gasteiger partial charge in [-0.15, -0.1) is 11.3 Å². The van der Waals surface area contributed by atoms with Crippen LogP contribution in [0.4, 0.5) is 4.39 Å². The molecule has 2 amide bonds. The second-order valence-electron chi connectivity index (χ2n) is 8.83. The van der Waals surface area contributed by atoms with Crippen LogP contribution in [0.25, 0.3) is 10.2 Å². The van der Waals surface area contributed by atoms with Crippen molar-refractivity contribution < 1.29 is 14.0 Å².